The molecule has 3 aromatic rings. The maximum Gasteiger partial charge on any atom is 0.416 e. The number of benzene rings is 3. The van der Waals surface area contributed by atoms with Gasteiger partial charge in [-0.25, -0.2) is 0 Å². The largest absolute Gasteiger partial charge is 0.416 e. The van der Waals surface area contributed by atoms with Crippen LogP contribution in [0.1, 0.15) is 53.7 Å². The van der Waals surface area contributed by atoms with Crippen molar-refractivity contribution in [2.45, 2.75) is 50.9 Å². The van der Waals surface area contributed by atoms with Gasteiger partial charge in [-0.1, -0.05) is 59.7 Å². The molecule has 0 spiro atoms. The Balaban J connectivity index is 0.000000294. The maximum absolute atomic E-state index is 12.9. The van der Waals surface area contributed by atoms with Crippen LogP contribution in [-0.2, 0) is 16.3 Å². The van der Waals surface area contributed by atoms with Crippen LogP contribution in [0.25, 0.3) is 0 Å². The summed E-state index contributed by atoms with van der Waals surface area (Å²) in [5, 5.41) is 3.35. The Morgan fingerprint density at radius 1 is 0.788 bits per heavy atom. The van der Waals surface area contributed by atoms with Gasteiger partial charge in [0.05, 0.1) is 10.5 Å². The van der Waals surface area contributed by atoms with Crippen LogP contribution in [0.5, 0.6) is 0 Å². The van der Waals surface area contributed by atoms with Crippen LogP contribution in [0.4, 0.5) is 13.2 Å². The zero-order valence-corrected chi connectivity index (χ0v) is 19.7. The molecule has 0 aliphatic rings. The predicted molar refractivity (Wildman–Crippen MR) is 124 cm³/mol. The van der Waals surface area contributed by atoms with Gasteiger partial charge in [0, 0.05) is 12.1 Å². The molecule has 0 bridgehead atoms. The van der Waals surface area contributed by atoms with E-state index in [0.717, 1.165) is 11.1 Å². The molecule has 0 fully saturated rings. The van der Waals surface area contributed by atoms with Crippen LogP contribution in [0, 0.1) is 13.8 Å². The molecule has 0 aliphatic carbocycles. The molecule has 3 aromatic carbocycles. The summed E-state index contributed by atoms with van der Waals surface area (Å²) in [5.41, 5.74) is 2.74. The summed E-state index contributed by atoms with van der Waals surface area (Å²) in [5.74, 6) is 0. The molecule has 0 saturated carbocycles. The summed E-state index contributed by atoms with van der Waals surface area (Å²) in [4.78, 5) is -0.0666. The van der Waals surface area contributed by atoms with E-state index in [4.69, 9.17) is 4.55 Å². The van der Waals surface area contributed by atoms with Crippen LogP contribution >= 0.6 is 0 Å². The van der Waals surface area contributed by atoms with Crippen molar-refractivity contribution in [1.29, 1.82) is 0 Å². The maximum atomic E-state index is 12.9. The quantitative estimate of drug-likeness (QED) is 0.401. The van der Waals surface area contributed by atoms with E-state index in [9.17, 15) is 21.6 Å². The molecule has 8 heteroatoms. The molecule has 178 valence electrons. The second-order valence-electron chi connectivity index (χ2n) is 7.94. The van der Waals surface area contributed by atoms with Crippen molar-refractivity contribution in [3.8, 4) is 0 Å². The van der Waals surface area contributed by atoms with Crippen molar-refractivity contribution < 1.29 is 26.1 Å². The molecule has 3 rings (SSSR count). The van der Waals surface area contributed by atoms with Crippen LogP contribution in [0.3, 0.4) is 0 Å². The summed E-state index contributed by atoms with van der Waals surface area (Å²) in [6.45, 7) is 7.42. The molecule has 0 heterocycles. The minimum Gasteiger partial charge on any atom is -0.304 e. The van der Waals surface area contributed by atoms with Crippen molar-refractivity contribution in [3.63, 3.8) is 0 Å². The van der Waals surface area contributed by atoms with Crippen LogP contribution in [-0.4, -0.2) is 13.0 Å². The highest BCUT2D eigenvalue weighted by Crippen LogP contribution is 2.32. The fraction of sp³-hybridized carbons (Fsp3) is 0.280. The van der Waals surface area contributed by atoms with Crippen molar-refractivity contribution in [2.75, 3.05) is 0 Å². The average molecular weight is 480 g/mol. The fourth-order valence-electron chi connectivity index (χ4n) is 3.25. The highest BCUT2D eigenvalue weighted by molar-refractivity contribution is 7.85. The lowest BCUT2D eigenvalue weighted by Crippen LogP contribution is -2.23. The molecule has 0 saturated heterocycles. The number of aryl methyl sites for hydroxylation is 2. The third-order valence-electron chi connectivity index (χ3n) is 5.05. The lowest BCUT2D eigenvalue weighted by Gasteiger charge is -2.22. The first kappa shape index (κ1) is 26.6. The van der Waals surface area contributed by atoms with E-state index in [0.29, 0.717) is 11.1 Å². The minimum absolute atomic E-state index is 0.0612. The van der Waals surface area contributed by atoms with Crippen molar-refractivity contribution in [3.05, 3.63) is 101 Å². The minimum atomic E-state index is -4.31. The smallest absolute Gasteiger partial charge is 0.304 e. The molecule has 0 aliphatic heterocycles. The second kappa shape index (κ2) is 11.0. The Morgan fingerprint density at radius 2 is 1.33 bits per heavy atom. The Morgan fingerprint density at radius 3 is 1.85 bits per heavy atom. The van der Waals surface area contributed by atoms with Crippen LogP contribution in [0.2, 0.25) is 0 Å². The first-order valence-electron chi connectivity index (χ1n) is 10.3. The number of nitrogens with one attached hydrogen (secondary N) is 1. The van der Waals surface area contributed by atoms with Gasteiger partial charge in [-0.05, 0) is 63.1 Å². The normalized spacial score (nSPS) is 13.6. The lowest BCUT2D eigenvalue weighted by atomic mass is 10.00. The summed E-state index contributed by atoms with van der Waals surface area (Å²) in [7, 11) is -4.02. The Hall–Kier alpha value is -2.68. The van der Waals surface area contributed by atoms with Gasteiger partial charge in [-0.15, -0.1) is 0 Å². The van der Waals surface area contributed by atoms with E-state index in [-0.39, 0.29) is 17.0 Å². The summed E-state index contributed by atoms with van der Waals surface area (Å²) < 4.78 is 68.3. The van der Waals surface area contributed by atoms with Gasteiger partial charge in [0.25, 0.3) is 10.1 Å². The molecular formula is C25H28F3NO3S. The lowest BCUT2D eigenvalue weighted by molar-refractivity contribution is -0.137. The molecule has 2 atom stereocenters. The fourth-order valence-corrected chi connectivity index (χ4v) is 3.73. The van der Waals surface area contributed by atoms with Crippen molar-refractivity contribution >= 4 is 10.1 Å². The molecule has 2 unspecified atom stereocenters. The van der Waals surface area contributed by atoms with E-state index in [2.05, 4.69) is 5.32 Å². The second-order valence-corrected chi connectivity index (χ2v) is 9.36. The van der Waals surface area contributed by atoms with E-state index in [1.54, 1.807) is 25.1 Å². The molecule has 4 nitrogen and oxygen atoms in total. The first-order chi connectivity index (χ1) is 15.3. The number of rotatable bonds is 5. The van der Waals surface area contributed by atoms with Gasteiger partial charge < -0.3 is 5.32 Å². The third kappa shape index (κ3) is 8.31. The van der Waals surface area contributed by atoms with Gasteiger partial charge in [0.1, 0.15) is 0 Å². The Kier molecular flexibility index (Phi) is 8.82. The van der Waals surface area contributed by atoms with Gasteiger partial charge in [-0.3, -0.25) is 4.55 Å². The monoisotopic (exact) mass is 479 g/mol. The first-order valence-corrected chi connectivity index (χ1v) is 11.8. The molecule has 0 radical (unpaired) electrons. The number of hydrogen-bond acceptors (Lipinski definition) is 3. The van der Waals surface area contributed by atoms with Crippen LogP contribution in [0.15, 0.2) is 77.7 Å². The van der Waals surface area contributed by atoms with E-state index >= 15 is 0 Å². The van der Waals surface area contributed by atoms with Gasteiger partial charge >= 0.3 is 6.18 Å². The highest BCUT2D eigenvalue weighted by atomic mass is 32.2. The van der Waals surface area contributed by atoms with Gasteiger partial charge in [-0.2, -0.15) is 21.6 Å². The average Bonchev–Trinajstić information content (AvgIpc) is 2.73. The molecule has 33 heavy (non-hydrogen) atoms. The summed E-state index contributed by atoms with van der Waals surface area (Å²) in [6.07, 6.45) is -4.31. The van der Waals surface area contributed by atoms with E-state index in [1.807, 2.05) is 51.1 Å². The molecule has 0 aromatic heterocycles. The zero-order chi connectivity index (χ0) is 24.8. The number of alkyl halides is 3. The summed E-state index contributed by atoms with van der Waals surface area (Å²) in [6, 6.07) is 19.9. The van der Waals surface area contributed by atoms with E-state index in [1.165, 1.54) is 24.3 Å². The number of halogens is 3. The Labute approximate surface area is 193 Å². The van der Waals surface area contributed by atoms with E-state index < -0.39 is 21.9 Å². The molecule has 2 N–H and O–H groups in total. The molecular weight excluding hydrogens is 451 g/mol. The van der Waals surface area contributed by atoms with Crippen molar-refractivity contribution in [2.24, 2.45) is 0 Å². The van der Waals surface area contributed by atoms with Gasteiger partial charge in [0.2, 0.25) is 0 Å². The Bertz CT molecular complexity index is 1150. The predicted octanol–water partition coefficient (Wildman–Crippen LogP) is 6.67. The summed E-state index contributed by atoms with van der Waals surface area (Å²) >= 11 is 0. The topological polar surface area (TPSA) is 66.4 Å². The molecule has 0 amide bonds. The number of hydrogen-bond donors (Lipinski definition) is 2. The SMILES string of the molecule is Cc1cc(C(C)NC(C)c2ccccc2)cc(C(F)(F)F)c1.Cc1ccc(S(=O)(=O)O)cc1. The highest BCUT2D eigenvalue weighted by Gasteiger charge is 2.31. The van der Waals surface area contributed by atoms with Crippen molar-refractivity contribution in [1.82, 2.24) is 5.32 Å². The third-order valence-corrected chi connectivity index (χ3v) is 5.91. The van der Waals surface area contributed by atoms with Gasteiger partial charge in [0.15, 0.2) is 0 Å². The zero-order valence-electron chi connectivity index (χ0n) is 18.9. The van der Waals surface area contributed by atoms with Crippen LogP contribution < -0.4 is 5.32 Å². The standard InChI is InChI=1S/C18H20F3N.C7H8O3S/c1-12-9-16(11-17(10-12)18(19,20)21)14(3)22-13(2)15-7-5-4-6-8-15;1-6-2-4-7(5-3-6)11(8,9)10/h4-11,13-14,22H,1-3H3;2-5H,1H3,(H,8,9,10).